The van der Waals surface area contributed by atoms with Gasteiger partial charge in [0.2, 0.25) is 0 Å². The molecule has 26 heavy (non-hydrogen) atoms. The molecular formula is C21H26O4S. The molecule has 0 aromatic carbocycles. The number of carbonyl (C=O) groups is 3. The summed E-state index contributed by atoms with van der Waals surface area (Å²) >= 11 is 5.09. The lowest BCUT2D eigenvalue weighted by atomic mass is 9.47. The first-order valence-corrected chi connectivity index (χ1v) is 9.96. The Morgan fingerprint density at radius 3 is 2.62 bits per heavy atom. The van der Waals surface area contributed by atoms with Gasteiger partial charge in [0.05, 0.1) is 4.75 Å². The minimum atomic E-state index is -0.760. The minimum Gasteiger partial charge on any atom is -0.431 e. The lowest BCUT2D eigenvalue weighted by Gasteiger charge is -2.60. The maximum Gasteiger partial charge on any atom is 0.307 e. The van der Waals surface area contributed by atoms with Crippen LogP contribution < -0.4 is 0 Å². The maximum atomic E-state index is 13.4. The van der Waals surface area contributed by atoms with E-state index in [9.17, 15) is 14.4 Å². The van der Waals surface area contributed by atoms with Gasteiger partial charge in [-0.15, -0.1) is 0 Å². The molecule has 2 saturated carbocycles. The van der Waals surface area contributed by atoms with E-state index in [2.05, 4.69) is 13.0 Å². The van der Waals surface area contributed by atoms with Crippen molar-refractivity contribution < 1.29 is 19.1 Å². The SMILES string of the molecule is CC(=O)OC1=CC2=CCC3[C@@H]4CCC(=O)[C@@]4(C)CC(=O)[C@]3(S)[C@@]2(C)CC1. The van der Waals surface area contributed by atoms with Gasteiger partial charge in [0.25, 0.3) is 0 Å². The first kappa shape index (κ1) is 18.0. The Kier molecular flexibility index (Phi) is 3.86. The summed E-state index contributed by atoms with van der Waals surface area (Å²) in [6, 6.07) is 0. The number of fused-ring (bicyclic) bond motifs is 5. The Hall–Kier alpha value is -1.36. The monoisotopic (exact) mass is 374 g/mol. The standard InChI is InChI=1S/C21H26O4S/c1-12(22)25-14-8-9-20(3)13(10-14)4-5-16-15-6-7-17(23)19(15,2)11-18(24)21(16,20)26/h4,10,15-16,26H,5-9,11H2,1-3H3/t15-,16?,19-,20-,21-/m0/s1. The molecule has 0 aromatic rings. The van der Waals surface area contributed by atoms with Crippen LogP contribution in [0.1, 0.15) is 59.3 Å². The smallest absolute Gasteiger partial charge is 0.307 e. The van der Waals surface area contributed by atoms with Crippen LogP contribution in [0.2, 0.25) is 0 Å². The Morgan fingerprint density at radius 1 is 1.19 bits per heavy atom. The van der Waals surface area contributed by atoms with Gasteiger partial charge >= 0.3 is 5.97 Å². The van der Waals surface area contributed by atoms with Crippen molar-refractivity contribution in [1.29, 1.82) is 0 Å². The van der Waals surface area contributed by atoms with Gasteiger partial charge in [0.1, 0.15) is 11.5 Å². The largest absolute Gasteiger partial charge is 0.431 e. The zero-order valence-corrected chi connectivity index (χ0v) is 16.5. The summed E-state index contributed by atoms with van der Waals surface area (Å²) in [5, 5.41) is 0. The number of hydrogen-bond acceptors (Lipinski definition) is 5. The second-order valence-electron chi connectivity index (χ2n) is 8.89. The Balaban J connectivity index is 1.78. The molecule has 0 amide bonds. The molecule has 4 rings (SSSR count). The molecule has 1 unspecified atom stereocenters. The van der Waals surface area contributed by atoms with Crippen LogP contribution >= 0.6 is 12.6 Å². The van der Waals surface area contributed by atoms with Crippen molar-refractivity contribution in [3.05, 3.63) is 23.5 Å². The van der Waals surface area contributed by atoms with Crippen LogP contribution in [0.5, 0.6) is 0 Å². The molecule has 4 aliphatic rings. The Morgan fingerprint density at radius 2 is 1.92 bits per heavy atom. The number of ketones is 2. The van der Waals surface area contributed by atoms with E-state index in [1.807, 2.05) is 13.0 Å². The molecule has 5 heteroatoms. The predicted molar refractivity (Wildman–Crippen MR) is 101 cm³/mol. The lowest BCUT2D eigenvalue weighted by molar-refractivity contribution is -0.144. The molecule has 4 aliphatic carbocycles. The van der Waals surface area contributed by atoms with Crippen molar-refractivity contribution in [3.63, 3.8) is 0 Å². The van der Waals surface area contributed by atoms with Crippen molar-refractivity contribution in [2.75, 3.05) is 0 Å². The summed E-state index contributed by atoms with van der Waals surface area (Å²) in [5.74, 6) is 1.01. The summed E-state index contributed by atoms with van der Waals surface area (Å²) in [4.78, 5) is 37.2. The second-order valence-corrected chi connectivity index (χ2v) is 9.60. The zero-order chi connectivity index (χ0) is 18.9. The van der Waals surface area contributed by atoms with Crippen LogP contribution in [-0.4, -0.2) is 22.3 Å². The second kappa shape index (κ2) is 5.57. The minimum absolute atomic E-state index is 0.0842. The van der Waals surface area contributed by atoms with Crippen LogP contribution in [0.15, 0.2) is 23.5 Å². The van der Waals surface area contributed by atoms with Gasteiger partial charge < -0.3 is 4.74 Å². The molecule has 0 saturated heterocycles. The number of carbonyl (C=O) groups excluding carboxylic acids is 3. The summed E-state index contributed by atoms with van der Waals surface area (Å²) < 4.78 is 4.55. The fourth-order valence-electron chi connectivity index (χ4n) is 6.13. The zero-order valence-electron chi connectivity index (χ0n) is 15.6. The average Bonchev–Trinajstić information content (AvgIpc) is 2.84. The highest BCUT2D eigenvalue weighted by Crippen LogP contribution is 2.66. The van der Waals surface area contributed by atoms with E-state index in [0.717, 1.165) is 24.8 Å². The number of ether oxygens (including phenoxy) is 1. The molecule has 0 aliphatic heterocycles. The molecule has 0 radical (unpaired) electrons. The fourth-order valence-corrected chi connectivity index (χ4v) is 6.73. The van der Waals surface area contributed by atoms with Crippen LogP contribution in [0.3, 0.4) is 0 Å². The van der Waals surface area contributed by atoms with Crippen molar-refractivity contribution in [2.45, 2.75) is 64.0 Å². The lowest BCUT2D eigenvalue weighted by Crippen LogP contribution is -2.64. The van der Waals surface area contributed by atoms with Crippen molar-refractivity contribution in [2.24, 2.45) is 22.7 Å². The van der Waals surface area contributed by atoms with Crippen molar-refractivity contribution in [3.8, 4) is 0 Å². The van der Waals surface area contributed by atoms with Crippen molar-refractivity contribution in [1.82, 2.24) is 0 Å². The first-order chi connectivity index (χ1) is 12.1. The summed E-state index contributed by atoms with van der Waals surface area (Å²) in [6.45, 7) is 5.51. The maximum absolute atomic E-state index is 13.4. The van der Waals surface area contributed by atoms with E-state index in [1.54, 1.807) is 0 Å². The number of hydrogen-bond donors (Lipinski definition) is 1. The van der Waals surface area contributed by atoms with Gasteiger partial charge in [-0.3, -0.25) is 14.4 Å². The number of Topliss-reactive ketones (excluding diaryl/α,β-unsaturated/α-hetero) is 2. The molecule has 4 nitrogen and oxygen atoms in total. The van der Waals surface area contributed by atoms with E-state index < -0.39 is 15.6 Å². The van der Waals surface area contributed by atoms with Crippen LogP contribution in [0.25, 0.3) is 0 Å². The molecule has 0 N–H and O–H groups in total. The highest BCUT2D eigenvalue weighted by molar-refractivity contribution is 7.82. The van der Waals surface area contributed by atoms with Crippen LogP contribution in [0, 0.1) is 22.7 Å². The topological polar surface area (TPSA) is 60.4 Å². The average molecular weight is 375 g/mol. The third-order valence-electron chi connectivity index (χ3n) is 7.65. The molecule has 0 spiro atoms. The Labute approximate surface area is 159 Å². The summed E-state index contributed by atoms with van der Waals surface area (Å²) in [5.41, 5.74) is 0.142. The molecule has 140 valence electrons. The van der Waals surface area contributed by atoms with Gasteiger partial charge in [-0.25, -0.2) is 0 Å². The number of thiol groups is 1. The molecule has 2 fully saturated rings. The third kappa shape index (κ3) is 2.12. The Bertz CT molecular complexity index is 781. The highest BCUT2D eigenvalue weighted by atomic mass is 32.1. The third-order valence-corrected chi connectivity index (χ3v) is 8.72. The van der Waals surface area contributed by atoms with Gasteiger partial charge in [-0.1, -0.05) is 19.9 Å². The van der Waals surface area contributed by atoms with Gasteiger partial charge in [0.15, 0.2) is 5.78 Å². The fraction of sp³-hybridized carbons (Fsp3) is 0.667. The van der Waals surface area contributed by atoms with E-state index in [0.29, 0.717) is 25.0 Å². The van der Waals surface area contributed by atoms with E-state index >= 15 is 0 Å². The van der Waals surface area contributed by atoms with E-state index in [4.69, 9.17) is 17.4 Å². The van der Waals surface area contributed by atoms with Gasteiger partial charge in [-0.05, 0) is 42.7 Å². The summed E-state index contributed by atoms with van der Waals surface area (Å²) in [6.07, 6.45) is 7.96. The molecule has 0 bridgehead atoms. The predicted octanol–water partition coefficient (Wildman–Crippen LogP) is 3.81. The molecule has 0 aromatic heterocycles. The highest BCUT2D eigenvalue weighted by Gasteiger charge is 2.68. The quantitative estimate of drug-likeness (QED) is 0.560. The van der Waals surface area contributed by atoms with E-state index in [-0.39, 0.29) is 29.4 Å². The molecule has 0 heterocycles. The van der Waals surface area contributed by atoms with Gasteiger partial charge in [0, 0.05) is 37.0 Å². The number of rotatable bonds is 1. The van der Waals surface area contributed by atoms with Crippen molar-refractivity contribution >= 4 is 30.2 Å². The first-order valence-electron chi connectivity index (χ1n) is 9.51. The molecule has 5 atom stereocenters. The van der Waals surface area contributed by atoms with E-state index in [1.165, 1.54) is 6.92 Å². The van der Waals surface area contributed by atoms with Crippen LogP contribution in [0.4, 0.5) is 0 Å². The normalized spacial score (nSPS) is 44.5. The number of allylic oxidation sites excluding steroid dienone is 4. The number of esters is 1. The van der Waals surface area contributed by atoms with Gasteiger partial charge in [-0.2, -0.15) is 12.6 Å². The van der Waals surface area contributed by atoms with Crippen LogP contribution in [-0.2, 0) is 19.1 Å². The summed E-state index contributed by atoms with van der Waals surface area (Å²) in [7, 11) is 0. The molecular weight excluding hydrogens is 348 g/mol.